The first-order valence-electron chi connectivity index (χ1n) is 8.27. The lowest BCUT2D eigenvalue weighted by Gasteiger charge is -2.18. The SMILES string of the molecule is Cn1c[n+]([C@@H]2O[C@H](COP(=O)(O)OP(=O)(O)O)[C@@H](CO)[C@H]2O)c2nc(N)[nH]c(=O)c21. The number of H-pyrrole nitrogens is 1. The van der Waals surface area contributed by atoms with Crippen LogP contribution >= 0.6 is 15.6 Å². The molecule has 2 aromatic heterocycles. The molecular weight excluding hydrogens is 452 g/mol. The van der Waals surface area contributed by atoms with E-state index in [0.717, 1.165) is 0 Å². The van der Waals surface area contributed by atoms with Gasteiger partial charge in [-0.15, -0.1) is 0 Å². The molecule has 1 fully saturated rings. The molecule has 0 aliphatic carbocycles. The highest BCUT2D eigenvalue weighted by Crippen LogP contribution is 2.57. The average molecular weight is 472 g/mol. The van der Waals surface area contributed by atoms with Crippen LogP contribution in [-0.2, 0) is 29.7 Å². The highest BCUT2D eigenvalue weighted by Gasteiger charge is 2.48. The largest absolute Gasteiger partial charge is 0.481 e. The number of hydrogen-bond donors (Lipinski definition) is 7. The van der Waals surface area contributed by atoms with E-state index in [4.69, 9.17) is 20.3 Å². The predicted molar refractivity (Wildman–Crippen MR) is 95.3 cm³/mol. The minimum absolute atomic E-state index is 0.0683. The van der Waals surface area contributed by atoms with Gasteiger partial charge in [-0.1, -0.05) is 4.98 Å². The number of nitrogens with zero attached hydrogens (tertiary/aromatic N) is 3. The summed E-state index contributed by atoms with van der Waals surface area (Å²) >= 11 is 0. The van der Waals surface area contributed by atoms with Crippen molar-refractivity contribution in [3.05, 3.63) is 16.7 Å². The summed E-state index contributed by atoms with van der Waals surface area (Å²) < 4.78 is 38.9. The third kappa shape index (κ3) is 4.63. The molecule has 3 heterocycles. The summed E-state index contributed by atoms with van der Waals surface area (Å²) in [5.41, 5.74) is 5.22. The molecule has 0 aromatic carbocycles. The molecule has 0 spiro atoms. The monoisotopic (exact) mass is 472 g/mol. The normalized spacial score (nSPS) is 26.9. The molecule has 0 radical (unpaired) electrons. The van der Waals surface area contributed by atoms with E-state index in [2.05, 4.69) is 18.8 Å². The standard InChI is InChI=1S/C12H19N5O11P2/c1-16-4-17(9-7(16)10(20)15-12(13)14-9)11-8(19)5(2-18)6(27-11)3-26-30(24,25)28-29(21,22)23/h4-6,8,11,18-19H,2-3H2,1H3,(H5-,13,14,15,20,21,22,23,24,25)/p+1/t5-,6-,8-,11-/m1/s1. The van der Waals surface area contributed by atoms with Crippen molar-refractivity contribution in [1.29, 1.82) is 0 Å². The van der Waals surface area contributed by atoms with E-state index in [1.807, 2.05) is 0 Å². The predicted octanol–water partition coefficient (Wildman–Crippen LogP) is -2.78. The summed E-state index contributed by atoms with van der Waals surface area (Å²) in [6.07, 6.45) is -2.36. The van der Waals surface area contributed by atoms with Gasteiger partial charge < -0.3 is 35.4 Å². The molecule has 16 nitrogen and oxygen atoms in total. The van der Waals surface area contributed by atoms with Crippen molar-refractivity contribution in [3.8, 4) is 0 Å². The molecule has 0 bridgehead atoms. The van der Waals surface area contributed by atoms with Crippen LogP contribution in [0.2, 0.25) is 0 Å². The van der Waals surface area contributed by atoms with Crippen LogP contribution in [0.1, 0.15) is 6.23 Å². The van der Waals surface area contributed by atoms with Crippen molar-refractivity contribution in [3.63, 3.8) is 0 Å². The Morgan fingerprint density at radius 2 is 2.07 bits per heavy atom. The Balaban J connectivity index is 1.87. The molecule has 3 rings (SSSR count). The second-order valence-corrected chi connectivity index (χ2v) is 9.33. The number of aromatic amines is 1. The number of nitrogens with one attached hydrogen (secondary N) is 1. The minimum atomic E-state index is -5.31. The third-order valence-corrected chi connectivity index (χ3v) is 6.56. The molecule has 30 heavy (non-hydrogen) atoms. The number of imidazole rings is 1. The number of aryl methyl sites for hydroxylation is 1. The maximum atomic E-state index is 12.1. The molecular formula is C12H20N5O11P2+. The first-order chi connectivity index (χ1) is 13.8. The zero-order valence-corrected chi connectivity index (χ0v) is 17.1. The van der Waals surface area contributed by atoms with Gasteiger partial charge in [0.05, 0.1) is 26.4 Å². The number of fused-ring (bicyclic) bond motifs is 1. The first-order valence-corrected chi connectivity index (χ1v) is 11.3. The van der Waals surface area contributed by atoms with Crippen molar-refractivity contribution >= 4 is 32.8 Å². The summed E-state index contributed by atoms with van der Waals surface area (Å²) in [4.78, 5) is 45.2. The molecule has 0 saturated carbocycles. The van der Waals surface area contributed by atoms with E-state index in [-0.39, 0.29) is 17.1 Å². The number of nitrogens with two attached hydrogens (primary N) is 1. The van der Waals surface area contributed by atoms with Gasteiger partial charge in [0.2, 0.25) is 11.7 Å². The maximum absolute atomic E-state index is 12.1. The fourth-order valence-electron chi connectivity index (χ4n) is 3.19. The van der Waals surface area contributed by atoms with E-state index in [0.29, 0.717) is 0 Å². The highest BCUT2D eigenvalue weighted by molar-refractivity contribution is 7.60. The van der Waals surface area contributed by atoms with Gasteiger partial charge in [-0.05, 0) is 0 Å². The number of aliphatic hydroxyl groups excluding tert-OH is 2. The quantitative estimate of drug-likeness (QED) is 0.159. The summed E-state index contributed by atoms with van der Waals surface area (Å²) in [5, 5.41) is 20.2. The van der Waals surface area contributed by atoms with Gasteiger partial charge in [-0.2, -0.15) is 4.31 Å². The summed E-state index contributed by atoms with van der Waals surface area (Å²) in [5.74, 6) is -1.21. The first kappa shape index (κ1) is 23.0. The van der Waals surface area contributed by atoms with Crippen LogP contribution in [-0.4, -0.2) is 64.9 Å². The number of rotatable bonds is 7. The average Bonchev–Trinajstić information content (AvgIpc) is 3.07. The topological polar surface area (TPSA) is 244 Å². The van der Waals surface area contributed by atoms with Crippen LogP contribution in [0.25, 0.3) is 11.2 Å². The number of aliphatic hydroxyl groups is 2. The fraction of sp³-hybridized carbons (Fsp3) is 0.583. The van der Waals surface area contributed by atoms with Crippen LogP contribution in [0, 0.1) is 5.92 Å². The molecule has 18 heteroatoms. The minimum Gasteiger partial charge on any atom is -0.396 e. The van der Waals surface area contributed by atoms with E-state index < -0.39 is 58.8 Å². The van der Waals surface area contributed by atoms with Crippen molar-refractivity contribution in [2.45, 2.75) is 18.4 Å². The van der Waals surface area contributed by atoms with Crippen LogP contribution in [0.15, 0.2) is 11.1 Å². The van der Waals surface area contributed by atoms with Gasteiger partial charge >= 0.3 is 21.3 Å². The molecule has 1 unspecified atom stereocenters. The van der Waals surface area contributed by atoms with Crippen molar-refractivity contribution in [1.82, 2.24) is 14.5 Å². The summed E-state index contributed by atoms with van der Waals surface area (Å²) in [6.45, 7) is -1.38. The van der Waals surface area contributed by atoms with Gasteiger partial charge in [0.1, 0.15) is 6.10 Å². The fourth-order valence-corrected chi connectivity index (χ4v) is 4.79. The van der Waals surface area contributed by atoms with Crippen LogP contribution in [0.4, 0.5) is 5.95 Å². The molecule has 1 aliphatic rings. The van der Waals surface area contributed by atoms with Gasteiger partial charge in [0, 0.05) is 5.92 Å². The van der Waals surface area contributed by atoms with Gasteiger partial charge in [0.25, 0.3) is 11.5 Å². The Labute approximate surface area is 167 Å². The Kier molecular flexibility index (Phi) is 6.19. The molecule has 2 aromatic rings. The number of hydrogen-bond acceptors (Lipinski definition) is 10. The van der Waals surface area contributed by atoms with E-state index in [1.165, 1.54) is 15.5 Å². The molecule has 1 aliphatic heterocycles. The van der Waals surface area contributed by atoms with Crippen LogP contribution in [0.5, 0.6) is 0 Å². The van der Waals surface area contributed by atoms with Gasteiger partial charge in [-0.3, -0.25) is 18.9 Å². The molecule has 8 N–H and O–H groups in total. The van der Waals surface area contributed by atoms with E-state index in [1.54, 1.807) is 7.05 Å². The van der Waals surface area contributed by atoms with Crippen LogP contribution < -0.4 is 15.9 Å². The molecule has 1 saturated heterocycles. The van der Waals surface area contributed by atoms with Crippen molar-refractivity contribution < 1.29 is 52.2 Å². The van der Waals surface area contributed by atoms with Gasteiger partial charge in [-0.25, -0.2) is 13.7 Å². The summed E-state index contributed by atoms with van der Waals surface area (Å²) in [7, 11) is -8.93. The molecule has 168 valence electrons. The Bertz CT molecular complexity index is 1100. The van der Waals surface area contributed by atoms with E-state index in [9.17, 15) is 29.0 Å². The summed E-state index contributed by atoms with van der Waals surface area (Å²) in [6, 6.07) is 0. The lowest BCUT2D eigenvalue weighted by atomic mass is 9.99. The lowest BCUT2D eigenvalue weighted by molar-refractivity contribution is -0.745. The second kappa shape index (κ2) is 8.09. The Morgan fingerprint density at radius 3 is 2.67 bits per heavy atom. The van der Waals surface area contributed by atoms with Crippen LogP contribution in [0.3, 0.4) is 0 Å². The second-order valence-electron chi connectivity index (χ2n) is 6.50. The van der Waals surface area contributed by atoms with Gasteiger partial charge in [0.15, 0.2) is 6.33 Å². The van der Waals surface area contributed by atoms with Crippen molar-refractivity contribution in [2.24, 2.45) is 13.0 Å². The zero-order chi connectivity index (χ0) is 22.4. The number of ether oxygens (including phenoxy) is 1. The lowest BCUT2D eigenvalue weighted by Crippen LogP contribution is -2.45. The van der Waals surface area contributed by atoms with Crippen molar-refractivity contribution in [2.75, 3.05) is 18.9 Å². The number of aromatic nitrogens is 4. The Hall–Kier alpha value is -1.71. The zero-order valence-electron chi connectivity index (χ0n) is 15.3. The van der Waals surface area contributed by atoms with E-state index >= 15 is 0 Å². The Morgan fingerprint density at radius 1 is 1.40 bits per heavy atom. The number of nitrogen functional groups attached to an aromatic ring is 1. The maximum Gasteiger partial charge on any atom is 0.481 e. The third-order valence-electron chi connectivity index (χ3n) is 4.41. The number of phosphoric ester groups is 1. The number of phosphoric acid groups is 2. The molecule has 5 atom stereocenters. The number of anilines is 1. The highest BCUT2D eigenvalue weighted by atomic mass is 31.3. The molecule has 0 amide bonds. The smallest absolute Gasteiger partial charge is 0.396 e.